The van der Waals surface area contributed by atoms with Crippen molar-refractivity contribution in [2.45, 2.75) is 18.8 Å². The lowest BCUT2D eigenvalue weighted by atomic mass is 9.78. The second-order valence-corrected chi connectivity index (χ2v) is 15.2. The topological polar surface area (TPSA) is 35.6 Å². The van der Waals surface area contributed by atoms with E-state index in [9.17, 15) is 0 Å². The van der Waals surface area contributed by atoms with Crippen molar-refractivity contribution < 1.29 is 0 Å². The van der Waals surface area contributed by atoms with Gasteiger partial charge in [-0.3, -0.25) is 0 Å². The number of nitrogens with zero attached hydrogens (tertiary/aromatic N) is 4. The molecule has 0 radical (unpaired) electrons. The van der Waals surface area contributed by atoms with Crippen LogP contribution < -0.4 is 0 Å². The molecule has 3 heterocycles. The summed E-state index contributed by atoms with van der Waals surface area (Å²) in [6.07, 6.45) is 20.4. The van der Waals surface area contributed by atoms with Gasteiger partial charge in [0.1, 0.15) is 5.82 Å². The number of benzene rings is 6. The summed E-state index contributed by atoms with van der Waals surface area (Å²) in [7, 11) is 0. The first-order valence-corrected chi connectivity index (χ1v) is 19.6. The van der Waals surface area contributed by atoms with Gasteiger partial charge in [-0.2, -0.15) is 0 Å². The van der Waals surface area contributed by atoms with Gasteiger partial charge >= 0.3 is 0 Å². The van der Waals surface area contributed by atoms with Crippen LogP contribution in [-0.4, -0.2) is 19.1 Å². The van der Waals surface area contributed by atoms with Crippen LogP contribution in [0.25, 0.3) is 83.2 Å². The Morgan fingerprint density at radius 2 is 1.32 bits per heavy atom. The fourth-order valence-corrected chi connectivity index (χ4v) is 9.68. The van der Waals surface area contributed by atoms with E-state index >= 15 is 0 Å². The Balaban J connectivity index is 1.10. The van der Waals surface area contributed by atoms with Gasteiger partial charge in [-0.05, 0) is 78.1 Å². The van der Waals surface area contributed by atoms with Gasteiger partial charge in [0.2, 0.25) is 0 Å². The highest BCUT2D eigenvalue weighted by molar-refractivity contribution is 6.20. The maximum Gasteiger partial charge on any atom is 0.137 e. The molecule has 9 aromatic rings. The Labute approximate surface area is 324 Å². The van der Waals surface area contributed by atoms with Crippen molar-refractivity contribution in [2.24, 2.45) is 5.92 Å². The maximum absolute atomic E-state index is 5.34. The zero-order valence-electron chi connectivity index (χ0n) is 30.7. The molecule has 0 saturated heterocycles. The van der Waals surface area contributed by atoms with Crippen molar-refractivity contribution in [1.29, 1.82) is 0 Å². The third kappa shape index (κ3) is 4.59. The van der Waals surface area contributed by atoms with E-state index in [0.29, 0.717) is 0 Å². The van der Waals surface area contributed by atoms with Crippen molar-refractivity contribution >= 4 is 66.3 Å². The van der Waals surface area contributed by atoms with Gasteiger partial charge in [-0.1, -0.05) is 134 Å². The fourth-order valence-electron chi connectivity index (χ4n) is 9.68. The number of hydrogen-bond acceptors (Lipinski definition) is 2. The molecular formula is C52H36N4. The van der Waals surface area contributed by atoms with E-state index in [2.05, 4.69) is 191 Å². The minimum Gasteiger partial charge on any atom is -0.309 e. The molecule has 3 aromatic heterocycles. The number of rotatable bonds is 4. The van der Waals surface area contributed by atoms with Crippen molar-refractivity contribution in [2.75, 3.05) is 0 Å². The third-order valence-corrected chi connectivity index (χ3v) is 12.2. The molecule has 4 nitrogen and oxygen atoms in total. The monoisotopic (exact) mass is 716 g/mol. The van der Waals surface area contributed by atoms with E-state index in [0.717, 1.165) is 40.8 Å². The molecule has 3 aliphatic rings. The second kappa shape index (κ2) is 12.2. The molecule has 12 rings (SSSR count). The molecule has 0 amide bonds. The Kier molecular flexibility index (Phi) is 6.85. The number of aromatic nitrogens is 4. The summed E-state index contributed by atoms with van der Waals surface area (Å²) in [5.74, 6) is 0.887. The van der Waals surface area contributed by atoms with Crippen molar-refractivity contribution in [3.63, 3.8) is 0 Å². The van der Waals surface area contributed by atoms with Crippen LogP contribution in [0.2, 0.25) is 0 Å². The van der Waals surface area contributed by atoms with E-state index in [1.54, 1.807) is 0 Å². The highest BCUT2D eigenvalue weighted by Gasteiger charge is 2.32. The van der Waals surface area contributed by atoms with Crippen LogP contribution >= 0.6 is 0 Å². The van der Waals surface area contributed by atoms with Gasteiger partial charge in [0, 0.05) is 55.7 Å². The van der Waals surface area contributed by atoms with E-state index < -0.39 is 0 Å². The van der Waals surface area contributed by atoms with Gasteiger partial charge in [0.25, 0.3) is 0 Å². The quantitative estimate of drug-likeness (QED) is 0.182. The van der Waals surface area contributed by atoms with Crippen LogP contribution in [0.1, 0.15) is 29.3 Å². The molecule has 264 valence electrons. The van der Waals surface area contributed by atoms with Crippen LogP contribution in [0.4, 0.5) is 0 Å². The summed E-state index contributed by atoms with van der Waals surface area (Å²) in [4.78, 5) is 10.6. The largest absolute Gasteiger partial charge is 0.309 e. The van der Waals surface area contributed by atoms with Gasteiger partial charge < -0.3 is 9.13 Å². The number of allylic oxidation sites excluding steroid dienone is 9. The Morgan fingerprint density at radius 1 is 0.536 bits per heavy atom. The molecule has 0 N–H and O–H groups in total. The maximum atomic E-state index is 5.34. The molecule has 0 fully saturated rings. The van der Waals surface area contributed by atoms with E-state index in [1.165, 1.54) is 71.7 Å². The molecule has 4 heteroatoms. The van der Waals surface area contributed by atoms with Crippen LogP contribution in [0.15, 0.2) is 182 Å². The summed E-state index contributed by atoms with van der Waals surface area (Å²) in [6, 6.07) is 48.2. The molecule has 2 unspecified atom stereocenters. The first kappa shape index (κ1) is 31.3. The summed E-state index contributed by atoms with van der Waals surface area (Å²) >= 11 is 0. The first-order valence-electron chi connectivity index (χ1n) is 19.6. The van der Waals surface area contributed by atoms with Gasteiger partial charge in [-0.25, -0.2) is 9.97 Å². The molecule has 3 aliphatic carbocycles. The Morgan fingerprint density at radius 3 is 2.21 bits per heavy atom. The molecule has 0 spiro atoms. The summed E-state index contributed by atoms with van der Waals surface area (Å²) in [5.41, 5.74) is 14.4. The zero-order chi connectivity index (χ0) is 36.7. The third-order valence-electron chi connectivity index (χ3n) is 12.2. The smallest absolute Gasteiger partial charge is 0.137 e. The van der Waals surface area contributed by atoms with Crippen molar-refractivity contribution in [3.8, 4) is 16.9 Å². The van der Waals surface area contributed by atoms with Crippen molar-refractivity contribution in [3.05, 3.63) is 199 Å². The van der Waals surface area contributed by atoms with Crippen LogP contribution in [0.5, 0.6) is 0 Å². The van der Waals surface area contributed by atoms with E-state index in [-0.39, 0.29) is 11.8 Å². The first-order chi connectivity index (χ1) is 27.8. The fraction of sp³-hybridized carbons (Fsp3) is 0.0769. The SMILES string of the molecule is C1=CC2=C(n3c4ccccc4c4cc5c6c7c(ccc6n(-c6ccccc6)c5cc43)C=CCC7)C=CC(c3nc(-c4ccccc4)c4ccccc4n3)C2C=C1. The number of para-hydroxylation sites is 3. The average Bonchev–Trinajstić information content (AvgIpc) is 3.77. The molecule has 6 aromatic carbocycles. The minimum absolute atomic E-state index is 0.0253. The zero-order valence-corrected chi connectivity index (χ0v) is 30.7. The van der Waals surface area contributed by atoms with Crippen LogP contribution in [0.3, 0.4) is 0 Å². The molecule has 0 bridgehead atoms. The molecule has 56 heavy (non-hydrogen) atoms. The number of aryl methyl sites for hydroxylation is 1. The lowest BCUT2D eigenvalue weighted by Gasteiger charge is -2.30. The average molecular weight is 717 g/mol. The Hall–Kier alpha value is -7.04. The number of hydrogen-bond donors (Lipinski definition) is 0. The lowest BCUT2D eigenvalue weighted by Crippen LogP contribution is -2.20. The number of fused-ring (bicyclic) bond motifs is 10. The minimum atomic E-state index is -0.0253. The molecule has 2 atom stereocenters. The Bertz CT molecular complexity index is 3240. The predicted octanol–water partition coefficient (Wildman–Crippen LogP) is 12.8. The lowest BCUT2D eigenvalue weighted by molar-refractivity contribution is 0.635. The van der Waals surface area contributed by atoms with Gasteiger partial charge in [-0.15, -0.1) is 0 Å². The van der Waals surface area contributed by atoms with E-state index in [4.69, 9.17) is 9.97 Å². The molecule has 0 aliphatic heterocycles. The van der Waals surface area contributed by atoms with Crippen molar-refractivity contribution in [1.82, 2.24) is 19.1 Å². The highest BCUT2D eigenvalue weighted by atomic mass is 15.0. The predicted molar refractivity (Wildman–Crippen MR) is 233 cm³/mol. The summed E-state index contributed by atoms with van der Waals surface area (Å²) in [5, 5.41) is 6.28. The normalized spacial score (nSPS) is 17.5. The highest BCUT2D eigenvalue weighted by Crippen LogP contribution is 2.46. The van der Waals surface area contributed by atoms with Gasteiger partial charge in [0.15, 0.2) is 0 Å². The van der Waals surface area contributed by atoms with Gasteiger partial charge in [0.05, 0.1) is 33.3 Å². The molecule has 0 saturated carbocycles. The standard InChI is InChI=1S/C52H36N4/c1-3-16-34(17-4-1)51-41-24-11-13-25-44(41)53-52(54-51)40-28-30-46(38-22-10-9-21-37(38)40)56-45-26-14-12-23-39(45)42-31-43-49(32-48(42)56)55(35-18-5-2-6-19-35)47-29-27-33-15-7-8-20-36(33)50(43)47/h1-7,9-19,21-32,37,40H,8,20H2. The van der Waals surface area contributed by atoms with Crippen LogP contribution in [0, 0.1) is 5.92 Å². The van der Waals surface area contributed by atoms with E-state index in [1.807, 2.05) is 0 Å². The molecular weight excluding hydrogens is 681 g/mol. The second-order valence-electron chi connectivity index (χ2n) is 15.2. The van der Waals surface area contributed by atoms with Crippen LogP contribution in [-0.2, 0) is 6.42 Å². The summed E-state index contributed by atoms with van der Waals surface area (Å²) in [6.45, 7) is 0. The summed E-state index contributed by atoms with van der Waals surface area (Å²) < 4.78 is 4.98.